The Bertz CT molecular complexity index is 1200. The fourth-order valence-corrected chi connectivity index (χ4v) is 6.02. The highest BCUT2D eigenvalue weighted by molar-refractivity contribution is 7.99. The molecule has 3 aromatic rings. The number of nitrogens with one attached hydrogen (secondary N) is 2. The van der Waals surface area contributed by atoms with Gasteiger partial charge in [0.25, 0.3) is 0 Å². The molecule has 2 heterocycles. The number of thioether (sulfide) groups is 1. The zero-order valence-electron chi connectivity index (χ0n) is 17.6. The van der Waals surface area contributed by atoms with E-state index < -0.39 is 10.0 Å². The number of H-pyrrole nitrogens is 1. The molecule has 1 aliphatic rings. The molecular weight excluding hydrogens is 436 g/mol. The molecule has 0 bridgehead atoms. The Morgan fingerprint density at radius 1 is 1.23 bits per heavy atom. The van der Waals surface area contributed by atoms with E-state index in [0.717, 1.165) is 18.4 Å². The first-order valence-electron chi connectivity index (χ1n) is 10.5. The summed E-state index contributed by atoms with van der Waals surface area (Å²) in [5.41, 5.74) is 1.75. The van der Waals surface area contributed by atoms with Gasteiger partial charge in [0.1, 0.15) is 5.52 Å². The van der Waals surface area contributed by atoms with Crippen LogP contribution in [0, 0.1) is 0 Å². The predicted octanol–water partition coefficient (Wildman–Crippen LogP) is 2.69. The summed E-state index contributed by atoms with van der Waals surface area (Å²) in [6.07, 6.45) is 4.42. The van der Waals surface area contributed by atoms with Crippen molar-refractivity contribution in [2.24, 2.45) is 0 Å². The van der Waals surface area contributed by atoms with E-state index in [2.05, 4.69) is 25.5 Å². The molecule has 1 aromatic carbocycles. The lowest BCUT2D eigenvalue weighted by Gasteiger charge is -2.18. The Balaban J connectivity index is 1.55. The van der Waals surface area contributed by atoms with Gasteiger partial charge in [-0.05, 0) is 31.0 Å². The summed E-state index contributed by atoms with van der Waals surface area (Å²) in [6.45, 7) is 4.43. The summed E-state index contributed by atoms with van der Waals surface area (Å²) in [6, 6.07) is 5.20. The average Bonchev–Trinajstić information content (AvgIpc) is 3.39. The van der Waals surface area contributed by atoms with Gasteiger partial charge in [-0.25, -0.2) is 13.4 Å². The maximum atomic E-state index is 12.8. The molecule has 0 unspecified atom stereocenters. The number of carbonyl (C=O) groups excluding carboxylic acids is 1. The first-order valence-corrected chi connectivity index (χ1v) is 12.9. The van der Waals surface area contributed by atoms with Crippen LogP contribution in [-0.4, -0.2) is 63.7 Å². The van der Waals surface area contributed by atoms with E-state index >= 15 is 0 Å². The van der Waals surface area contributed by atoms with Gasteiger partial charge in [0.2, 0.25) is 21.1 Å². The smallest absolute Gasteiger partial charge is 0.243 e. The van der Waals surface area contributed by atoms with Crippen LogP contribution in [0.2, 0.25) is 0 Å². The molecule has 0 radical (unpaired) electrons. The van der Waals surface area contributed by atoms with Crippen molar-refractivity contribution in [1.29, 1.82) is 0 Å². The fourth-order valence-electron chi connectivity index (χ4n) is 3.94. The Labute approximate surface area is 185 Å². The van der Waals surface area contributed by atoms with Crippen molar-refractivity contribution in [3.05, 3.63) is 18.2 Å². The Hall–Kier alpha value is -2.24. The van der Waals surface area contributed by atoms with Crippen molar-refractivity contribution >= 4 is 49.8 Å². The van der Waals surface area contributed by atoms with E-state index in [1.807, 2.05) is 13.8 Å². The standard InChI is InChI=1S/C20H26N6O3S2/c1-3-26(4-2)31(28,29)14-9-10-16-15(11-14)18-19(22-16)23-20(25-24-18)30-12-17(27)21-13-7-5-6-8-13/h9-11,13H,3-8,12H2,1-2H3,(H,21,27)(H,22,23,25). The Morgan fingerprint density at radius 3 is 2.68 bits per heavy atom. The number of fused-ring (bicyclic) bond motifs is 3. The fraction of sp³-hybridized carbons (Fsp3) is 0.500. The molecule has 166 valence electrons. The normalized spacial score (nSPS) is 15.3. The highest BCUT2D eigenvalue weighted by Gasteiger charge is 2.23. The highest BCUT2D eigenvalue weighted by atomic mass is 32.2. The third-order valence-electron chi connectivity index (χ3n) is 5.56. The van der Waals surface area contributed by atoms with Crippen LogP contribution in [0.3, 0.4) is 0 Å². The zero-order chi connectivity index (χ0) is 22.0. The summed E-state index contributed by atoms with van der Waals surface area (Å²) in [7, 11) is -3.57. The first-order chi connectivity index (χ1) is 14.9. The molecule has 1 amide bonds. The van der Waals surface area contributed by atoms with Crippen LogP contribution < -0.4 is 5.32 Å². The number of rotatable bonds is 8. The summed E-state index contributed by atoms with van der Waals surface area (Å²) in [5.74, 6) is 0.208. The highest BCUT2D eigenvalue weighted by Crippen LogP contribution is 2.27. The third kappa shape index (κ3) is 4.53. The van der Waals surface area contributed by atoms with Gasteiger partial charge < -0.3 is 10.3 Å². The molecule has 0 aliphatic heterocycles. The third-order valence-corrected chi connectivity index (χ3v) is 8.45. The van der Waals surface area contributed by atoms with Gasteiger partial charge in [-0.3, -0.25) is 4.79 Å². The minimum atomic E-state index is -3.57. The lowest BCUT2D eigenvalue weighted by atomic mass is 10.2. The van der Waals surface area contributed by atoms with Crippen molar-refractivity contribution in [3.63, 3.8) is 0 Å². The Morgan fingerprint density at radius 2 is 1.97 bits per heavy atom. The number of sulfonamides is 1. The molecule has 31 heavy (non-hydrogen) atoms. The monoisotopic (exact) mass is 462 g/mol. The summed E-state index contributed by atoms with van der Waals surface area (Å²) < 4.78 is 27.1. The lowest BCUT2D eigenvalue weighted by molar-refractivity contribution is -0.119. The van der Waals surface area contributed by atoms with E-state index in [1.54, 1.807) is 18.2 Å². The van der Waals surface area contributed by atoms with E-state index in [0.29, 0.717) is 34.8 Å². The van der Waals surface area contributed by atoms with Crippen LogP contribution in [0.1, 0.15) is 39.5 Å². The second-order valence-electron chi connectivity index (χ2n) is 7.55. The number of amides is 1. The molecule has 2 N–H and O–H groups in total. The average molecular weight is 463 g/mol. The molecule has 1 saturated carbocycles. The van der Waals surface area contributed by atoms with Gasteiger partial charge in [-0.2, -0.15) is 4.31 Å². The molecule has 0 spiro atoms. The van der Waals surface area contributed by atoms with Gasteiger partial charge in [0, 0.05) is 30.0 Å². The maximum absolute atomic E-state index is 12.8. The van der Waals surface area contributed by atoms with Gasteiger partial charge >= 0.3 is 0 Å². The summed E-state index contributed by atoms with van der Waals surface area (Å²) >= 11 is 1.23. The van der Waals surface area contributed by atoms with E-state index in [9.17, 15) is 13.2 Å². The van der Waals surface area contributed by atoms with Gasteiger partial charge in [0.05, 0.1) is 10.6 Å². The van der Waals surface area contributed by atoms with Gasteiger partial charge in [-0.15, -0.1) is 10.2 Å². The number of aromatic nitrogens is 4. The largest absolute Gasteiger partial charge is 0.353 e. The van der Waals surface area contributed by atoms with Crippen molar-refractivity contribution in [1.82, 2.24) is 29.8 Å². The first kappa shape index (κ1) is 22.0. The maximum Gasteiger partial charge on any atom is 0.243 e. The SMILES string of the molecule is CCN(CC)S(=O)(=O)c1ccc2[nH]c3nc(SCC(=O)NC4CCCC4)nnc3c2c1. The molecule has 9 nitrogen and oxygen atoms in total. The van der Waals surface area contributed by atoms with Crippen molar-refractivity contribution < 1.29 is 13.2 Å². The summed E-state index contributed by atoms with van der Waals surface area (Å²) in [4.78, 5) is 20.0. The Kier molecular flexibility index (Phi) is 6.44. The molecule has 0 saturated heterocycles. The van der Waals surface area contributed by atoms with Gasteiger partial charge in [0.15, 0.2) is 5.65 Å². The number of hydrogen-bond acceptors (Lipinski definition) is 7. The molecule has 1 fully saturated rings. The van der Waals surface area contributed by atoms with Crippen LogP contribution in [0.25, 0.3) is 22.1 Å². The number of carbonyl (C=O) groups is 1. The van der Waals surface area contributed by atoms with E-state index in [4.69, 9.17) is 0 Å². The molecule has 1 aliphatic carbocycles. The number of benzene rings is 1. The molecule has 0 atom stereocenters. The van der Waals surface area contributed by atoms with Crippen LogP contribution in [0.4, 0.5) is 0 Å². The quantitative estimate of drug-likeness (QED) is 0.494. The number of hydrogen-bond donors (Lipinski definition) is 2. The van der Waals surface area contributed by atoms with Crippen molar-refractivity contribution in [3.8, 4) is 0 Å². The van der Waals surface area contributed by atoms with Crippen LogP contribution >= 0.6 is 11.8 Å². The van der Waals surface area contributed by atoms with Crippen molar-refractivity contribution in [2.45, 2.75) is 55.6 Å². The predicted molar refractivity (Wildman–Crippen MR) is 120 cm³/mol. The van der Waals surface area contributed by atoms with Gasteiger partial charge in [-0.1, -0.05) is 38.5 Å². The minimum Gasteiger partial charge on any atom is -0.353 e. The molecule has 11 heteroatoms. The van der Waals surface area contributed by atoms with E-state index in [1.165, 1.54) is 28.9 Å². The second kappa shape index (κ2) is 9.09. The zero-order valence-corrected chi connectivity index (χ0v) is 19.2. The number of aromatic amines is 1. The minimum absolute atomic E-state index is 0.0245. The van der Waals surface area contributed by atoms with Crippen molar-refractivity contribution in [2.75, 3.05) is 18.8 Å². The van der Waals surface area contributed by atoms with Crippen LogP contribution in [0.15, 0.2) is 28.3 Å². The van der Waals surface area contributed by atoms with E-state index in [-0.39, 0.29) is 22.6 Å². The molecular formula is C20H26N6O3S2. The summed E-state index contributed by atoms with van der Waals surface area (Å²) in [5, 5.41) is 12.5. The lowest BCUT2D eigenvalue weighted by Crippen LogP contribution is -2.33. The van der Waals surface area contributed by atoms with Crippen LogP contribution in [-0.2, 0) is 14.8 Å². The molecule has 4 rings (SSSR count). The second-order valence-corrected chi connectivity index (χ2v) is 10.4. The topological polar surface area (TPSA) is 121 Å². The number of nitrogens with zero attached hydrogens (tertiary/aromatic N) is 4. The molecule has 2 aromatic heterocycles. The van der Waals surface area contributed by atoms with Crippen LogP contribution in [0.5, 0.6) is 0 Å².